The van der Waals surface area contributed by atoms with Gasteiger partial charge in [-0.25, -0.2) is 8.42 Å². The lowest BCUT2D eigenvalue weighted by Gasteiger charge is -2.27. The van der Waals surface area contributed by atoms with E-state index in [1.807, 2.05) is 24.3 Å². The Labute approximate surface area is 169 Å². The first-order valence-corrected chi connectivity index (χ1v) is 12.0. The molecule has 0 spiro atoms. The van der Waals surface area contributed by atoms with Crippen molar-refractivity contribution < 1.29 is 8.42 Å². The second kappa shape index (κ2) is 7.15. The van der Waals surface area contributed by atoms with E-state index < -0.39 is 9.84 Å². The first-order valence-electron chi connectivity index (χ1n) is 8.84. The fraction of sp³-hybridized carbons (Fsp3) is 0.350. The van der Waals surface area contributed by atoms with Gasteiger partial charge in [0.05, 0.1) is 23.6 Å². The molecule has 2 aliphatic heterocycles. The molecule has 142 valence electrons. The van der Waals surface area contributed by atoms with E-state index in [4.69, 9.17) is 16.6 Å². The van der Waals surface area contributed by atoms with Gasteiger partial charge in [0, 0.05) is 16.5 Å². The Morgan fingerprint density at radius 2 is 1.85 bits per heavy atom. The summed E-state index contributed by atoms with van der Waals surface area (Å²) >= 11 is 7.62. The number of thioether (sulfide) groups is 1. The average Bonchev–Trinajstić information content (AvgIpc) is 3.08. The van der Waals surface area contributed by atoms with E-state index in [1.54, 1.807) is 11.8 Å². The van der Waals surface area contributed by atoms with Crippen molar-refractivity contribution in [3.8, 4) is 0 Å². The summed E-state index contributed by atoms with van der Waals surface area (Å²) in [6.07, 6.45) is 0. The second-order valence-corrected chi connectivity index (χ2v) is 10.7. The van der Waals surface area contributed by atoms with Gasteiger partial charge in [-0.05, 0) is 54.8 Å². The number of nitrogens with zero attached hydrogens (tertiary/aromatic N) is 2. The third-order valence-corrected chi connectivity index (χ3v) is 8.15. The molecule has 7 heteroatoms. The minimum Gasteiger partial charge on any atom is -0.315 e. The molecule has 1 saturated heterocycles. The summed E-state index contributed by atoms with van der Waals surface area (Å²) in [5.41, 5.74) is 4.60. The number of aryl methyl sites for hydroxylation is 2. The maximum atomic E-state index is 12.1. The van der Waals surface area contributed by atoms with Crippen LogP contribution < -0.4 is 4.90 Å². The van der Waals surface area contributed by atoms with Crippen molar-refractivity contribution in [3.63, 3.8) is 0 Å². The molecule has 2 unspecified atom stereocenters. The molecule has 0 radical (unpaired) electrons. The highest BCUT2D eigenvalue weighted by Crippen LogP contribution is 2.36. The largest absolute Gasteiger partial charge is 0.315 e. The number of anilines is 1. The standard InChI is InChI=1S/C20H21ClN2O2S2/c1-13-3-8-17(9-14(13)2)23-19-12-27(24,25)11-18(19)22-20(23)26-10-15-4-6-16(21)7-5-15/h3-9,18-19H,10-12H2,1-2H3. The monoisotopic (exact) mass is 420 g/mol. The molecule has 2 aromatic carbocycles. The molecular weight excluding hydrogens is 400 g/mol. The van der Waals surface area contributed by atoms with E-state index in [0.717, 1.165) is 27.2 Å². The maximum absolute atomic E-state index is 12.1. The van der Waals surface area contributed by atoms with Crippen molar-refractivity contribution in [2.24, 2.45) is 4.99 Å². The molecule has 4 rings (SSSR count). The summed E-state index contributed by atoms with van der Waals surface area (Å²) in [7, 11) is -3.03. The number of aliphatic imine (C=N–C) groups is 1. The Bertz CT molecular complexity index is 1000. The van der Waals surface area contributed by atoms with Crippen molar-refractivity contribution in [1.29, 1.82) is 0 Å². The zero-order valence-electron chi connectivity index (χ0n) is 15.2. The van der Waals surface area contributed by atoms with Crippen LogP contribution in [0.1, 0.15) is 16.7 Å². The SMILES string of the molecule is Cc1ccc(N2C(SCc3ccc(Cl)cc3)=NC3CS(=O)(=O)CC32)cc1C. The van der Waals surface area contributed by atoms with Gasteiger partial charge in [-0.3, -0.25) is 4.99 Å². The summed E-state index contributed by atoms with van der Waals surface area (Å²) in [6.45, 7) is 4.16. The van der Waals surface area contributed by atoms with Gasteiger partial charge >= 0.3 is 0 Å². The topological polar surface area (TPSA) is 49.7 Å². The van der Waals surface area contributed by atoms with Crippen LogP contribution in [0.2, 0.25) is 5.02 Å². The van der Waals surface area contributed by atoms with Crippen LogP contribution in [-0.4, -0.2) is 37.2 Å². The normalized spacial score (nSPS) is 23.4. The van der Waals surface area contributed by atoms with Gasteiger partial charge in [-0.2, -0.15) is 0 Å². The molecule has 2 atom stereocenters. The molecule has 0 aromatic heterocycles. The Balaban J connectivity index is 1.63. The van der Waals surface area contributed by atoms with Gasteiger partial charge in [0.25, 0.3) is 0 Å². The van der Waals surface area contributed by atoms with Gasteiger partial charge in [0.2, 0.25) is 0 Å². The first kappa shape index (κ1) is 18.8. The Morgan fingerprint density at radius 3 is 2.56 bits per heavy atom. The number of hydrogen-bond donors (Lipinski definition) is 0. The van der Waals surface area contributed by atoms with Crippen LogP contribution in [0.25, 0.3) is 0 Å². The molecule has 2 aromatic rings. The molecule has 27 heavy (non-hydrogen) atoms. The zero-order chi connectivity index (χ0) is 19.2. The molecule has 2 aliphatic rings. The van der Waals surface area contributed by atoms with Crippen molar-refractivity contribution in [2.45, 2.75) is 31.7 Å². The lowest BCUT2D eigenvalue weighted by atomic mass is 10.1. The highest BCUT2D eigenvalue weighted by molar-refractivity contribution is 8.13. The highest BCUT2D eigenvalue weighted by Gasteiger charge is 2.47. The lowest BCUT2D eigenvalue weighted by Crippen LogP contribution is -2.39. The molecule has 2 heterocycles. The van der Waals surface area contributed by atoms with Gasteiger partial charge < -0.3 is 4.90 Å². The fourth-order valence-corrected chi connectivity index (χ4v) is 6.59. The molecule has 0 N–H and O–H groups in total. The van der Waals surface area contributed by atoms with E-state index >= 15 is 0 Å². The summed E-state index contributed by atoms with van der Waals surface area (Å²) in [5, 5.41) is 1.62. The number of rotatable bonds is 3. The van der Waals surface area contributed by atoms with Crippen molar-refractivity contribution in [1.82, 2.24) is 0 Å². The molecular formula is C20H21ClN2O2S2. The van der Waals surface area contributed by atoms with Crippen molar-refractivity contribution in [3.05, 3.63) is 64.2 Å². The number of halogens is 1. The number of amidine groups is 1. The zero-order valence-corrected chi connectivity index (χ0v) is 17.6. The van der Waals surface area contributed by atoms with Crippen LogP contribution in [0.4, 0.5) is 5.69 Å². The Hall–Kier alpha value is -1.50. The third kappa shape index (κ3) is 3.89. The summed E-state index contributed by atoms with van der Waals surface area (Å²) in [4.78, 5) is 6.92. The number of benzene rings is 2. The molecule has 1 fully saturated rings. The second-order valence-electron chi connectivity index (χ2n) is 7.18. The molecule has 0 saturated carbocycles. The first-order chi connectivity index (χ1) is 12.8. The van der Waals surface area contributed by atoms with Crippen LogP contribution >= 0.6 is 23.4 Å². The molecule has 0 aliphatic carbocycles. The average molecular weight is 421 g/mol. The lowest BCUT2D eigenvalue weighted by molar-refractivity contribution is 0.601. The van der Waals surface area contributed by atoms with Crippen molar-refractivity contribution >= 4 is 44.1 Å². The van der Waals surface area contributed by atoms with Crippen LogP contribution in [-0.2, 0) is 15.6 Å². The number of sulfone groups is 1. The van der Waals surface area contributed by atoms with Crippen molar-refractivity contribution in [2.75, 3.05) is 16.4 Å². The van der Waals surface area contributed by atoms with Crippen LogP contribution in [0, 0.1) is 13.8 Å². The summed E-state index contributed by atoms with van der Waals surface area (Å²) < 4.78 is 24.3. The maximum Gasteiger partial charge on any atom is 0.164 e. The van der Waals surface area contributed by atoms with E-state index in [9.17, 15) is 8.42 Å². The van der Waals surface area contributed by atoms with E-state index in [0.29, 0.717) is 0 Å². The van der Waals surface area contributed by atoms with Gasteiger partial charge in [-0.1, -0.05) is 41.6 Å². The summed E-state index contributed by atoms with van der Waals surface area (Å²) in [6, 6.07) is 13.8. The number of fused-ring (bicyclic) bond motifs is 1. The third-order valence-electron chi connectivity index (χ3n) is 5.16. The Kier molecular flexibility index (Phi) is 4.99. The van der Waals surface area contributed by atoms with E-state index in [1.165, 1.54) is 11.1 Å². The smallest absolute Gasteiger partial charge is 0.164 e. The fourth-order valence-electron chi connectivity index (χ4n) is 3.54. The molecule has 0 amide bonds. The highest BCUT2D eigenvalue weighted by atomic mass is 35.5. The van der Waals surface area contributed by atoms with E-state index in [2.05, 4.69) is 36.9 Å². The van der Waals surface area contributed by atoms with Crippen LogP contribution in [0.5, 0.6) is 0 Å². The predicted octanol–water partition coefficient (Wildman–Crippen LogP) is 4.23. The predicted molar refractivity (Wildman–Crippen MR) is 115 cm³/mol. The minimum atomic E-state index is -3.03. The Morgan fingerprint density at radius 1 is 1.11 bits per heavy atom. The molecule has 4 nitrogen and oxygen atoms in total. The van der Waals surface area contributed by atoms with Gasteiger partial charge in [-0.15, -0.1) is 0 Å². The number of hydrogen-bond acceptors (Lipinski definition) is 5. The van der Waals surface area contributed by atoms with Gasteiger partial charge in [0.1, 0.15) is 0 Å². The van der Waals surface area contributed by atoms with Crippen LogP contribution in [0.15, 0.2) is 47.5 Å². The quantitative estimate of drug-likeness (QED) is 0.745. The van der Waals surface area contributed by atoms with Crippen LogP contribution in [0.3, 0.4) is 0 Å². The van der Waals surface area contributed by atoms with E-state index in [-0.39, 0.29) is 23.6 Å². The molecule has 0 bridgehead atoms. The minimum absolute atomic E-state index is 0.107. The van der Waals surface area contributed by atoms with Gasteiger partial charge in [0.15, 0.2) is 15.0 Å². The summed E-state index contributed by atoms with van der Waals surface area (Å²) in [5.74, 6) is 1.08.